The molecule has 2 N–H and O–H groups in total. The van der Waals surface area contributed by atoms with E-state index in [9.17, 15) is 24.6 Å². The van der Waals surface area contributed by atoms with E-state index in [0.29, 0.717) is 25.9 Å². The van der Waals surface area contributed by atoms with Gasteiger partial charge in [0.15, 0.2) is 6.10 Å². The fraction of sp³-hybridized carbons (Fsp3) is 0.667. The van der Waals surface area contributed by atoms with E-state index in [2.05, 4.69) is 0 Å². The van der Waals surface area contributed by atoms with Gasteiger partial charge in [-0.2, -0.15) is 0 Å². The van der Waals surface area contributed by atoms with E-state index < -0.39 is 58.6 Å². The second-order valence-electron chi connectivity index (χ2n) is 10.9. The molecule has 37 heavy (non-hydrogen) atoms. The number of aliphatic hydroxyl groups excluding tert-OH is 2. The molecule has 0 aromatic carbocycles. The number of rotatable bonds is 1. The highest BCUT2D eigenvalue weighted by atomic mass is 16.6. The van der Waals surface area contributed by atoms with Crippen LogP contribution < -0.4 is 0 Å². The van der Waals surface area contributed by atoms with Gasteiger partial charge < -0.3 is 33.9 Å². The van der Waals surface area contributed by atoms with Crippen molar-refractivity contribution >= 4 is 17.9 Å². The first-order valence-electron chi connectivity index (χ1n) is 12.8. The highest BCUT2D eigenvalue weighted by Crippen LogP contribution is 2.72. The number of hydrogen-bond donors (Lipinski definition) is 2. The van der Waals surface area contributed by atoms with Crippen LogP contribution in [0.15, 0.2) is 36.0 Å². The smallest absolute Gasteiger partial charge is 0.335 e. The van der Waals surface area contributed by atoms with Gasteiger partial charge in [-0.1, -0.05) is 32.1 Å². The zero-order chi connectivity index (χ0) is 26.4. The van der Waals surface area contributed by atoms with Crippen LogP contribution in [0.1, 0.15) is 39.5 Å². The van der Waals surface area contributed by atoms with Crippen molar-refractivity contribution in [3.63, 3.8) is 0 Å². The average molecular weight is 519 g/mol. The third-order valence-electron chi connectivity index (χ3n) is 9.20. The normalized spacial score (nSPS) is 45.9. The molecule has 3 aliphatic heterocycles. The molecule has 10 nitrogen and oxygen atoms in total. The molecule has 8 unspecified atom stereocenters. The van der Waals surface area contributed by atoms with E-state index in [4.69, 9.17) is 23.7 Å². The molecule has 5 aliphatic rings. The number of carbonyl (C=O) groups excluding carboxylic acids is 3. The number of epoxide rings is 1. The van der Waals surface area contributed by atoms with Crippen molar-refractivity contribution in [3.8, 4) is 0 Å². The second-order valence-corrected chi connectivity index (χ2v) is 10.9. The van der Waals surface area contributed by atoms with E-state index in [1.54, 1.807) is 6.92 Å². The van der Waals surface area contributed by atoms with Crippen molar-refractivity contribution in [2.24, 2.45) is 16.7 Å². The topological polar surface area (TPSA) is 141 Å². The van der Waals surface area contributed by atoms with Gasteiger partial charge in [0.2, 0.25) is 0 Å². The number of hydrogen-bond acceptors (Lipinski definition) is 10. The monoisotopic (exact) mass is 518 g/mol. The van der Waals surface area contributed by atoms with Gasteiger partial charge in [0, 0.05) is 24.0 Å². The lowest BCUT2D eigenvalue weighted by atomic mass is 9.51. The van der Waals surface area contributed by atoms with Crippen molar-refractivity contribution in [1.29, 1.82) is 0 Å². The molecule has 0 radical (unpaired) electrons. The molecule has 202 valence electrons. The quantitative estimate of drug-likeness (QED) is 0.225. The summed E-state index contributed by atoms with van der Waals surface area (Å²) in [7, 11) is 0. The summed E-state index contributed by atoms with van der Waals surface area (Å²) in [6.45, 7) is 3.96. The zero-order valence-corrected chi connectivity index (χ0v) is 21.1. The molecular formula is C27H34O10. The second kappa shape index (κ2) is 9.65. The minimum absolute atomic E-state index is 0.00994. The Bertz CT molecular complexity index is 1040. The maximum absolute atomic E-state index is 13.0. The molecule has 2 spiro atoms. The lowest BCUT2D eigenvalue weighted by Crippen LogP contribution is -2.67. The first kappa shape index (κ1) is 26.1. The highest BCUT2D eigenvalue weighted by Gasteiger charge is 2.83. The molecule has 3 heterocycles. The summed E-state index contributed by atoms with van der Waals surface area (Å²) in [6.07, 6.45) is 6.03. The van der Waals surface area contributed by atoms with E-state index in [0.717, 1.165) is 5.57 Å². The van der Waals surface area contributed by atoms with Gasteiger partial charge >= 0.3 is 17.9 Å². The molecular weight excluding hydrogens is 484 g/mol. The van der Waals surface area contributed by atoms with Crippen molar-refractivity contribution in [2.75, 3.05) is 26.4 Å². The summed E-state index contributed by atoms with van der Waals surface area (Å²) in [6, 6.07) is 0. The van der Waals surface area contributed by atoms with E-state index in [1.807, 2.05) is 13.0 Å². The largest absolute Gasteiger partial charge is 0.463 e. The zero-order valence-electron chi connectivity index (χ0n) is 21.1. The fourth-order valence-electron chi connectivity index (χ4n) is 6.70. The summed E-state index contributed by atoms with van der Waals surface area (Å²) < 4.78 is 29.4. The Morgan fingerprint density at radius 1 is 1.05 bits per heavy atom. The number of cyclic esters (lactones) is 2. The lowest BCUT2D eigenvalue weighted by Gasteiger charge is -2.58. The molecule has 0 amide bonds. The first-order valence-corrected chi connectivity index (χ1v) is 12.8. The molecule has 8 atom stereocenters. The Hall–Kier alpha value is -2.53. The van der Waals surface area contributed by atoms with Crippen molar-refractivity contribution in [1.82, 2.24) is 0 Å². The van der Waals surface area contributed by atoms with Crippen molar-refractivity contribution in [3.05, 3.63) is 36.0 Å². The molecule has 10 heteroatoms. The number of esters is 3. The summed E-state index contributed by atoms with van der Waals surface area (Å²) in [5.74, 6) is -2.48. The first-order chi connectivity index (χ1) is 17.7. The summed E-state index contributed by atoms with van der Waals surface area (Å²) in [5.41, 5.74) is -1.44. The van der Waals surface area contributed by atoms with Crippen LogP contribution in [0.4, 0.5) is 0 Å². The third-order valence-corrected chi connectivity index (χ3v) is 9.20. The number of aliphatic hydroxyl groups is 2. The van der Waals surface area contributed by atoms with Gasteiger partial charge in [0.25, 0.3) is 0 Å². The summed E-state index contributed by atoms with van der Waals surface area (Å²) >= 11 is 0. The molecule has 0 aromatic rings. The predicted molar refractivity (Wildman–Crippen MR) is 127 cm³/mol. The molecule has 5 rings (SSSR count). The molecule has 2 aliphatic carbocycles. The maximum atomic E-state index is 13.0. The van der Waals surface area contributed by atoms with Crippen molar-refractivity contribution < 1.29 is 48.3 Å². The number of ether oxygens (including phenoxy) is 5. The Morgan fingerprint density at radius 2 is 1.78 bits per heavy atom. The molecule has 0 aromatic heterocycles. The van der Waals surface area contributed by atoms with Gasteiger partial charge in [-0.15, -0.1) is 0 Å². The van der Waals surface area contributed by atoms with Gasteiger partial charge in [-0.05, 0) is 30.8 Å². The molecule has 2 saturated heterocycles. The van der Waals surface area contributed by atoms with Crippen LogP contribution in [-0.4, -0.2) is 84.6 Å². The van der Waals surface area contributed by atoms with Crippen molar-refractivity contribution in [2.45, 2.75) is 69.5 Å². The SMILES string of the molecule is CC1CCOC(=O)/C=C/C=C/C(=O)OC2CC3OC4C=C(CO)CCC4(COC(=O)C1O)C2(C)C31CO1. The van der Waals surface area contributed by atoms with Gasteiger partial charge in [-0.3, -0.25) is 0 Å². The van der Waals surface area contributed by atoms with E-state index in [-0.39, 0.29) is 32.3 Å². The Balaban J connectivity index is 1.53. The van der Waals surface area contributed by atoms with Gasteiger partial charge in [-0.25, -0.2) is 14.4 Å². The van der Waals surface area contributed by atoms with Crippen LogP contribution in [-0.2, 0) is 38.1 Å². The standard InChI is InChI=1S/C27H34O10/c1-16-8-10-33-21(29)5-3-4-6-22(30)37-18-12-20-27(15-35-27)25(18,2)26(14-34-24(32)23(16)31)9-7-17(13-28)11-19(26)36-20/h3-6,11,16,18-20,23,28,31H,7-10,12-15H2,1-2H3/b5-3+,6-4+. The van der Waals surface area contributed by atoms with Crippen LogP contribution in [0, 0.1) is 16.7 Å². The average Bonchev–Trinajstić information content (AvgIpc) is 3.66. The van der Waals surface area contributed by atoms with Crippen LogP contribution >= 0.6 is 0 Å². The highest BCUT2D eigenvalue weighted by molar-refractivity contribution is 5.84. The third kappa shape index (κ3) is 4.14. The molecule has 2 bridgehead atoms. The predicted octanol–water partition coefficient (Wildman–Crippen LogP) is 1.14. The minimum atomic E-state index is -1.41. The lowest BCUT2D eigenvalue weighted by molar-refractivity contribution is -0.235. The minimum Gasteiger partial charge on any atom is -0.463 e. The van der Waals surface area contributed by atoms with E-state index in [1.165, 1.54) is 24.3 Å². The van der Waals surface area contributed by atoms with E-state index >= 15 is 0 Å². The number of carbonyl (C=O) groups is 3. The van der Waals surface area contributed by atoms with Crippen LogP contribution in [0.5, 0.6) is 0 Å². The Morgan fingerprint density at radius 3 is 2.49 bits per heavy atom. The summed E-state index contributed by atoms with van der Waals surface area (Å²) in [4.78, 5) is 37.6. The number of allylic oxidation sites excluding steroid dienone is 2. The summed E-state index contributed by atoms with van der Waals surface area (Å²) in [5, 5.41) is 20.4. The van der Waals surface area contributed by atoms with Gasteiger partial charge in [0.1, 0.15) is 18.3 Å². The van der Waals surface area contributed by atoms with Gasteiger partial charge in [0.05, 0.1) is 37.4 Å². The van der Waals surface area contributed by atoms with Crippen LogP contribution in [0.3, 0.4) is 0 Å². The fourth-order valence-corrected chi connectivity index (χ4v) is 6.70. The Kier molecular flexibility index (Phi) is 6.81. The van der Waals surface area contributed by atoms with Crippen LogP contribution in [0.25, 0.3) is 0 Å². The molecule has 3 fully saturated rings. The Labute approximate surface area is 215 Å². The molecule has 1 saturated carbocycles. The van der Waals surface area contributed by atoms with Crippen LogP contribution in [0.2, 0.25) is 0 Å². The maximum Gasteiger partial charge on any atom is 0.335 e.